The molecule has 0 saturated carbocycles. The number of esters is 1. The number of carbonyl (C=O) groups excluding carboxylic acids is 1. The summed E-state index contributed by atoms with van der Waals surface area (Å²) in [6.07, 6.45) is -3.59. The monoisotopic (exact) mass is 530 g/mol. The van der Waals surface area contributed by atoms with E-state index in [1.807, 2.05) is 0 Å². The number of nitrogens with zero attached hydrogens (tertiary/aromatic N) is 4. The molecule has 0 aliphatic heterocycles. The third kappa shape index (κ3) is 5.33. The zero-order valence-electron chi connectivity index (χ0n) is 18.7. The van der Waals surface area contributed by atoms with Gasteiger partial charge in [0.15, 0.2) is 5.82 Å². The summed E-state index contributed by atoms with van der Waals surface area (Å²) < 4.78 is 45.6. The number of hydrogen-bond acceptors (Lipinski definition) is 7. The molecule has 0 N–H and O–H groups in total. The summed E-state index contributed by atoms with van der Waals surface area (Å²) in [5, 5.41) is 15.4. The highest BCUT2D eigenvalue weighted by molar-refractivity contribution is 6.32. The largest absolute Gasteiger partial charge is 0.418 e. The lowest BCUT2D eigenvalue weighted by Gasteiger charge is -2.12. The van der Waals surface area contributed by atoms with Gasteiger partial charge in [-0.2, -0.15) is 22.9 Å². The van der Waals surface area contributed by atoms with Gasteiger partial charge in [-0.3, -0.25) is 19.7 Å². The maximum atomic E-state index is 13.3. The number of halogens is 4. The van der Waals surface area contributed by atoms with Gasteiger partial charge in [-0.05, 0) is 30.3 Å². The lowest BCUT2D eigenvalue weighted by Crippen LogP contribution is -2.20. The van der Waals surface area contributed by atoms with E-state index in [0.717, 1.165) is 36.0 Å². The highest BCUT2D eigenvalue weighted by Crippen LogP contribution is 2.36. The van der Waals surface area contributed by atoms with Crippen molar-refractivity contribution in [2.24, 2.45) is 5.10 Å². The highest BCUT2D eigenvalue weighted by atomic mass is 35.5. The maximum Gasteiger partial charge on any atom is 0.416 e. The number of nitro groups is 1. The number of para-hydroxylation sites is 1. The number of hydrogen-bond donors (Lipinski definition) is 0. The lowest BCUT2D eigenvalue weighted by molar-refractivity contribution is -0.385. The quantitative estimate of drug-likeness (QED) is 0.111. The van der Waals surface area contributed by atoms with E-state index < -0.39 is 39.6 Å². The number of fused-ring (bicyclic) bond motifs is 1. The molecule has 4 rings (SSSR count). The van der Waals surface area contributed by atoms with E-state index in [9.17, 15) is 32.9 Å². The molecule has 0 aliphatic carbocycles. The topological polar surface area (TPSA) is 117 Å². The van der Waals surface area contributed by atoms with Crippen LogP contribution in [0.15, 0.2) is 70.6 Å². The van der Waals surface area contributed by atoms with Gasteiger partial charge in [0.05, 0.1) is 32.6 Å². The molecular formula is C24H14ClF3N4O5. The van der Waals surface area contributed by atoms with E-state index in [1.54, 1.807) is 12.1 Å². The Morgan fingerprint density at radius 1 is 1.16 bits per heavy atom. The van der Waals surface area contributed by atoms with Gasteiger partial charge in [-0.1, -0.05) is 35.9 Å². The van der Waals surface area contributed by atoms with Crippen molar-refractivity contribution in [2.45, 2.75) is 13.1 Å². The summed E-state index contributed by atoms with van der Waals surface area (Å²) in [5.41, 5.74) is -2.04. The Kier molecular flexibility index (Phi) is 6.77. The number of aromatic nitrogens is 2. The fourth-order valence-corrected chi connectivity index (χ4v) is 3.69. The molecule has 0 amide bonds. The van der Waals surface area contributed by atoms with Crippen molar-refractivity contribution in [3.05, 3.63) is 97.3 Å². The Hall–Kier alpha value is -4.58. The van der Waals surface area contributed by atoms with Gasteiger partial charge in [0.25, 0.3) is 5.56 Å². The fraction of sp³-hybridized carbons (Fsp3) is 0.0833. The van der Waals surface area contributed by atoms with Crippen LogP contribution in [0.4, 0.5) is 18.9 Å². The number of alkyl halides is 3. The summed E-state index contributed by atoms with van der Waals surface area (Å²) in [6, 6.07) is 12.6. The Morgan fingerprint density at radius 2 is 1.89 bits per heavy atom. The number of benzene rings is 3. The zero-order chi connectivity index (χ0) is 26.9. The van der Waals surface area contributed by atoms with Gasteiger partial charge < -0.3 is 4.74 Å². The van der Waals surface area contributed by atoms with Crippen LogP contribution < -0.4 is 10.3 Å². The maximum absolute atomic E-state index is 13.3. The SMILES string of the molecule is CC(=O)Oc1c(Cl)cc(C=Nn2c(-c3cccc(C(F)(F)F)c3)nc3ccccc3c2=O)cc1[N+](=O)[O-]. The Balaban J connectivity index is 1.91. The molecule has 0 unspecified atom stereocenters. The third-order valence-corrected chi connectivity index (χ3v) is 5.29. The first kappa shape index (κ1) is 25.5. The zero-order valence-corrected chi connectivity index (χ0v) is 19.4. The number of nitro benzene ring substituents is 1. The minimum Gasteiger partial charge on any atom is -0.418 e. The van der Waals surface area contributed by atoms with E-state index >= 15 is 0 Å². The van der Waals surface area contributed by atoms with E-state index in [0.29, 0.717) is 0 Å². The summed E-state index contributed by atoms with van der Waals surface area (Å²) >= 11 is 6.07. The molecule has 1 aromatic heterocycles. The Bertz CT molecular complexity index is 1650. The molecule has 188 valence electrons. The molecule has 9 nitrogen and oxygen atoms in total. The van der Waals surface area contributed by atoms with Crippen LogP contribution in [0.1, 0.15) is 18.1 Å². The fourth-order valence-electron chi connectivity index (χ4n) is 3.43. The van der Waals surface area contributed by atoms with Gasteiger partial charge in [0, 0.05) is 24.1 Å². The molecule has 0 bridgehead atoms. The molecule has 37 heavy (non-hydrogen) atoms. The number of rotatable bonds is 5. The highest BCUT2D eigenvalue weighted by Gasteiger charge is 2.31. The predicted octanol–water partition coefficient (Wildman–Crippen LogP) is 5.45. The van der Waals surface area contributed by atoms with Crippen molar-refractivity contribution in [3.63, 3.8) is 0 Å². The van der Waals surface area contributed by atoms with Crippen molar-refractivity contribution in [1.82, 2.24) is 9.66 Å². The van der Waals surface area contributed by atoms with Gasteiger partial charge in [-0.15, -0.1) is 0 Å². The molecule has 1 heterocycles. The standard InChI is InChI=1S/C24H14ClF3N4O5/c1-13(33)37-21-18(25)9-14(10-20(21)32(35)36)12-29-31-22(15-5-4-6-16(11-15)24(26,27)28)30-19-8-3-2-7-17(19)23(31)34/h2-12H,1H3. The summed E-state index contributed by atoms with van der Waals surface area (Å²) in [5.74, 6) is -1.49. The summed E-state index contributed by atoms with van der Waals surface area (Å²) in [4.78, 5) is 39.5. The van der Waals surface area contributed by atoms with Gasteiger partial charge in [0.1, 0.15) is 0 Å². The van der Waals surface area contributed by atoms with Crippen LogP contribution >= 0.6 is 11.6 Å². The first-order valence-corrected chi connectivity index (χ1v) is 10.7. The van der Waals surface area contributed by atoms with E-state index in [4.69, 9.17) is 16.3 Å². The van der Waals surface area contributed by atoms with Crippen molar-refractivity contribution in [3.8, 4) is 17.1 Å². The molecule has 4 aromatic rings. The second-order valence-electron chi connectivity index (χ2n) is 7.59. The molecule has 0 spiro atoms. The molecule has 0 fully saturated rings. The molecule has 0 atom stereocenters. The van der Waals surface area contributed by atoms with E-state index in [-0.39, 0.29) is 32.9 Å². The van der Waals surface area contributed by atoms with E-state index in [1.165, 1.54) is 30.3 Å². The van der Waals surface area contributed by atoms with Crippen LogP contribution in [0.25, 0.3) is 22.3 Å². The summed E-state index contributed by atoms with van der Waals surface area (Å²) in [6.45, 7) is 1.05. The molecule has 13 heteroatoms. The normalized spacial score (nSPS) is 11.7. The average Bonchev–Trinajstić information content (AvgIpc) is 2.84. The van der Waals surface area contributed by atoms with Crippen molar-refractivity contribution in [2.75, 3.05) is 0 Å². The van der Waals surface area contributed by atoms with Crippen LogP contribution in [0.3, 0.4) is 0 Å². The van der Waals surface area contributed by atoms with Crippen LogP contribution in [0.2, 0.25) is 5.02 Å². The number of ether oxygens (including phenoxy) is 1. The lowest BCUT2D eigenvalue weighted by atomic mass is 10.1. The van der Waals surface area contributed by atoms with E-state index in [2.05, 4.69) is 10.1 Å². The van der Waals surface area contributed by atoms with Gasteiger partial charge in [-0.25, -0.2) is 4.98 Å². The molecule has 0 aliphatic rings. The van der Waals surface area contributed by atoms with Crippen molar-refractivity contribution >= 4 is 40.4 Å². The summed E-state index contributed by atoms with van der Waals surface area (Å²) in [7, 11) is 0. The first-order valence-electron chi connectivity index (χ1n) is 10.4. The van der Waals surface area contributed by atoms with Crippen LogP contribution in [-0.4, -0.2) is 26.8 Å². The minimum absolute atomic E-state index is 0.0379. The van der Waals surface area contributed by atoms with Crippen LogP contribution in [0.5, 0.6) is 5.75 Å². The Labute approximate surface area is 210 Å². The number of carbonyl (C=O) groups is 1. The van der Waals surface area contributed by atoms with Gasteiger partial charge in [0.2, 0.25) is 5.75 Å². The molecule has 3 aromatic carbocycles. The predicted molar refractivity (Wildman–Crippen MR) is 129 cm³/mol. The van der Waals surface area contributed by atoms with Crippen LogP contribution in [0, 0.1) is 10.1 Å². The smallest absolute Gasteiger partial charge is 0.416 e. The molecule has 0 saturated heterocycles. The molecular weight excluding hydrogens is 517 g/mol. The first-order chi connectivity index (χ1) is 17.5. The van der Waals surface area contributed by atoms with Crippen LogP contribution in [-0.2, 0) is 11.0 Å². The van der Waals surface area contributed by atoms with Gasteiger partial charge >= 0.3 is 17.8 Å². The van der Waals surface area contributed by atoms with Crippen molar-refractivity contribution in [1.29, 1.82) is 0 Å². The second kappa shape index (κ2) is 9.82. The average molecular weight is 531 g/mol. The third-order valence-electron chi connectivity index (χ3n) is 5.01. The minimum atomic E-state index is -4.64. The second-order valence-corrected chi connectivity index (χ2v) is 8.00. The Morgan fingerprint density at radius 3 is 2.57 bits per heavy atom. The van der Waals surface area contributed by atoms with Crippen molar-refractivity contribution < 1.29 is 27.6 Å². The molecule has 0 radical (unpaired) electrons.